The van der Waals surface area contributed by atoms with Gasteiger partial charge in [-0.1, -0.05) is 24.3 Å². The Bertz CT molecular complexity index is 534. The van der Waals surface area contributed by atoms with Crippen LogP contribution in [0.3, 0.4) is 0 Å². The third-order valence-electron chi connectivity index (χ3n) is 3.44. The van der Waals surface area contributed by atoms with Crippen molar-refractivity contribution in [2.45, 2.75) is 19.5 Å². The average Bonchev–Trinajstić information content (AvgIpc) is 2.41. The monoisotopic (exact) mass is 239 g/mol. The minimum absolute atomic E-state index is 0.725. The molecular formula is C15H17N3. The molecule has 1 aromatic heterocycles. The molecule has 0 bridgehead atoms. The van der Waals surface area contributed by atoms with Gasteiger partial charge in [-0.3, -0.25) is 9.88 Å². The number of fused-ring (bicyclic) bond motifs is 1. The summed E-state index contributed by atoms with van der Waals surface area (Å²) in [6.07, 6.45) is 2.86. The van der Waals surface area contributed by atoms with Gasteiger partial charge in [0, 0.05) is 19.6 Å². The fraction of sp³-hybridized carbons (Fsp3) is 0.267. The summed E-state index contributed by atoms with van der Waals surface area (Å²) in [6, 6.07) is 12.6. The quantitative estimate of drug-likeness (QED) is 0.873. The first-order valence-electron chi connectivity index (χ1n) is 6.31. The zero-order valence-electron chi connectivity index (χ0n) is 10.3. The van der Waals surface area contributed by atoms with Crippen molar-refractivity contribution in [1.82, 2.24) is 9.88 Å². The Hall–Kier alpha value is -1.87. The lowest BCUT2D eigenvalue weighted by Gasteiger charge is -2.28. The molecule has 2 aromatic rings. The van der Waals surface area contributed by atoms with E-state index in [1.807, 2.05) is 12.1 Å². The van der Waals surface area contributed by atoms with Crippen LogP contribution in [-0.4, -0.2) is 16.4 Å². The second kappa shape index (κ2) is 4.78. The van der Waals surface area contributed by atoms with Crippen LogP contribution in [-0.2, 0) is 19.5 Å². The molecular weight excluding hydrogens is 222 g/mol. The Kier molecular flexibility index (Phi) is 2.99. The van der Waals surface area contributed by atoms with Gasteiger partial charge in [-0.05, 0) is 29.7 Å². The Morgan fingerprint density at radius 1 is 1.11 bits per heavy atom. The molecule has 0 fully saturated rings. The van der Waals surface area contributed by atoms with Gasteiger partial charge in [-0.2, -0.15) is 0 Å². The fourth-order valence-corrected chi connectivity index (χ4v) is 2.45. The summed E-state index contributed by atoms with van der Waals surface area (Å²) in [5, 5.41) is 0. The highest BCUT2D eigenvalue weighted by Crippen LogP contribution is 2.19. The molecule has 0 aliphatic carbocycles. The molecule has 0 spiro atoms. The number of nitrogen functional groups attached to an aromatic ring is 1. The topological polar surface area (TPSA) is 42.1 Å². The maximum atomic E-state index is 5.65. The Labute approximate surface area is 107 Å². The Balaban J connectivity index is 1.71. The molecule has 0 amide bonds. The van der Waals surface area contributed by atoms with E-state index in [1.54, 1.807) is 6.20 Å². The Morgan fingerprint density at radius 3 is 2.72 bits per heavy atom. The lowest BCUT2D eigenvalue weighted by atomic mass is 10.00. The molecule has 0 atom stereocenters. The SMILES string of the molecule is Nc1ccc(CN2CCc3ccccc3C2)nc1. The second-order valence-corrected chi connectivity index (χ2v) is 4.81. The van der Waals surface area contributed by atoms with Crippen LogP contribution in [0.4, 0.5) is 5.69 Å². The van der Waals surface area contributed by atoms with Crippen LogP contribution < -0.4 is 5.73 Å². The fourth-order valence-electron chi connectivity index (χ4n) is 2.45. The van der Waals surface area contributed by atoms with Crippen molar-refractivity contribution < 1.29 is 0 Å². The largest absolute Gasteiger partial charge is 0.397 e. The van der Waals surface area contributed by atoms with E-state index in [0.717, 1.165) is 37.4 Å². The van der Waals surface area contributed by atoms with E-state index in [1.165, 1.54) is 11.1 Å². The van der Waals surface area contributed by atoms with Crippen molar-refractivity contribution in [1.29, 1.82) is 0 Å². The van der Waals surface area contributed by atoms with Gasteiger partial charge in [0.05, 0.1) is 17.6 Å². The van der Waals surface area contributed by atoms with Crippen molar-refractivity contribution in [2.75, 3.05) is 12.3 Å². The maximum Gasteiger partial charge on any atom is 0.0545 e. The molecule has 3 heteroatoms. The van der Waals surface area contributed by atoms with Crippen LogP contribution in [0.2, 0.25) is 0 Å². The Morgan fingerprint density at radius 2 is 1.94 bits per heavy atom. The molecule has 0 saturated heterocycles. The van der Waals surface area contributed by atoms with Crippen LogP contribution in [0.25, 0.3) is 0 Å². The summed E-state index contributed by atoms with van der Waals surface area (Å²) in [6.45, 7) is 3.01. The number of hydrogen-bond acceptors (Lipinski definition) is 3. The van der Waals surface area contributed by atoms with Crippen LogP contribution in [0.1, 0.15) is 16.8 Å². The predicted octanol–water partition coefficient (Wildman–Crippen LogP) is 2.22. The van der Waals surface area contributed by atoms with E-state index >= 15 is 0 Å². The van der Waals surface area contributed by atoms with Gasteiger partial charge in [0.15, 0.2) is 0 Å². The number of rotatable bonds is 2. The van der Waals surface area contributed by atoms with Gasteiger partial charge in [0.2, 0.25) is 0 Å². The number of aromatic nitrogens is 1. The van der Waals surface area contributed by atoms with Gasteiger partial charge in [0.25, 0.3) is 0 Å². The van der Waals surface area contributed by atoms with E-state index in [4.69, 9.17) is 5.73 Å². The summed E-state index contributed by atoms with van der Waals surface area (Å²) in [4.78, 5) is 6.79. The molecule has 2 N–H and O–H groups in total. The highest BCUT2D eigenvalue weighted by atomic mass is 15.1. The van der Waals surface area contributed by atoms with Gasteiger partial charge in [0.1, 0.15) is 0 Å². The zero-order valence-corrected chi connectivity index (χ0v) is 10.3. The van der Waals surface area contributed by atoms with Crippen LogP contribution in [0.15, 0.2) is 42.6 Å². The third-order valence-corrected chi connectivity index (χ3v) is 3.44. The normalized spacial score (nSPS) is 15.3. The average molecular weight is 239 g/mol. The van der Waals surface area contributed by atoms with Crippen LogP contribution >= 0.6 is 0 Å². The second-order valence-electron chi connectivity index (χ2n) is 4.81. The number of hydrogen-bond donors (Lipinski definition) is 1. The predicted molar refractivity (Wildman–Crippen MR) is 72.9 cm³/mol. The van der Waals surface area contributed by atoms with Crippen molar-refractivity contribution in [3.8, 4) is 0 Å². The molecule has 0 radical (unpaired) electrons. The lowest BCUT2D eigenvalue weighted by molar-refractivity contribution is 0.243. The van der Waals surface area contributed by atoms with Crippen molar-refractivity contribution in [2.24, 2.45) is 0 Å². The third kappa shape index (κ3) is 2.36. The summed E-state index contributed by atoms with van der Waals surface area (Å²) >= 11 is 0. The lowest BCUT2D eigenvalue weighted by Crippen LogP contribution is -2.30. The summed E-state index contributed by atoms with van der Waals surface area (Å²) < 4.78 is 0. The molecule has 3 rings (SSSR count). The first-order chi connectivity index (χ1) is 8.81. The number of anilines is 1. The molecule has 1 aromatic carbocycles. The molecule has 2 heterocycles. The molecule has 0 unspecified atom stereocenters. The van der Waals surface area contributed by atoms with E-state index in [0.29, 0.717) is 0 Å². The van der Waals surface area contributed by atoms with Gasteiger partial charge in [-0.15, -0.1) is 0 Å². The summed E-state index contributed by atoms with van der Waals surface area (Å²) in [5.74, 6) is 0. The number of pyridine rings is 1. The van der Waals surface area contributed by atoms with E-state index in [-0.39, 0.29) is 0 Å². The molecule has 1 aliphatic rings. The summed E-state index contributed by atoms with van der Waals surface area (Å²) in [5.41, 5.74) is 10.4. The molecule has 18 heavy (non-hydrogen) atoms. The molecule has 3 nitrogen and oxygen atoms in total. The highest BCUT2D eigenvalue weighted by Gasteiger charge is 2.15. The number of nitrogens with two attached hydrogens (primary N) is 1. The van der Waals surface area contributed by atoms with Crippen molar-refractivity contribution in [3.05, 3.63) is 59.4 Å². The number of benzene rings is 1. The minimum Gasteiger partial charge on any atom is -0.397 e. The zero-order chi connectivity index (χ0) is 12.4. The highest BCUT2D eigenvalue weighted by molar-refractivity contribution is 5.34. The molecule has 1 aliphatic heterocycles. The molecule has 92 valence electrons. The van der Waals surface area contributed by atoms with E-state index in [2.05, 4.69) is 34.1 Å². The first-order valence-corrected chi connectivity index (χ1v) is 6.31. The standard InChI is InChI=1S/C15H17N3/c16-14-5-6-15(17-9-14)11-18-8-7-12-3-1-2-4-13(12)10-18/h1-6,9H,7-8,10-11,16H2. The van der Waals surface area contributed by atoms with Gasteiger partial charge >= 0.3 is 0 Å². The van der Waals surface area contributed by atoms with Crippen LogP contribution in [0, 0.1) is 0 Å². The van der Waals surface area contributed by atoms with Crippen molar-refractivity contribution in [3.63, 3.8) is 0 Å². The maximum absolute atomic E-state index is 5.65. The molecule has 0 saturated carbocycles. The van der Waals surface area contributed by atoms with E-state index < -0.39 is 0 Å². The smallest absolute Gasteiger partial charge is 0.0545 e. The minimum atomic E-state index is 0.725. The van der Waals surface area contributed by atoms with Gasteiger partial charge in [-0.25, -0.2) is 0 Å². The summed E-state index contributed by atoms with van der Waals surface area (Å²) in [7, 11) is 0. The number of nitrogens with zero attached hydrogens (tertiary/aromatic N) is 2. The van der Waals surface area contributed by atoms with E-state index in [9.17, 15) is 0 Å². The first kappa shape index (κ1) is 11.2. The van der Waals surface area contributed by atoms with Gasteiger partial charge < -0.3 is 5.73 Å². The van der Waals surface area contributed by atoms with Crippen LogP contribution in [0.5, 0.6) is 0 Å². The van der Waals surface area contributed by atoms with Crippen molar-refractivity contribution >= 4 is 5.69 Å².